The standard InChI is InChI=1S/C29H29N5O5/c1-27(36,39-34-24-23(31-19-32-24)25(35)33-26(34)30)29(37-2,38-3)28(20-13-7-4-8-14-20,21-15-9-5-10-16-21)22-17-11-6-12-18-22/h4-19,36H,1-3H3,(H,31,32)(H2,30,33,35). The second kappa shape index (κ2) is 9.99. The van der Waals surface area contributed by atoms with E-state index in [1.807, 2.05) is 91.0 Å². The van der Waals surface area contributed by atoms with E-state index in [1.165, 1.54) is 27.5 Å². The van der Waals surface area contributed by atoms with Crippen LogP contribution < -0.4 is 16.1 Å². The summed E-state index contributed by atoms with van der Waals surface area (Å²) < 4.78 is 13.5. The SMILES string of the molecule is COC(OC)(C(C)(O)On1c(N)nc(=O)c2[nH]cnc21)C(c1ccccc1)(c1ccccc1)c1ccccc1. The number of aliphatic hydroxyl groups is 1. The van der Waals surface area contributed by atoms with Crippen LogP contribution in [0.2, 0.25) is 0 Å². The first kappa shape index (κ1) is 26.1. The highest BCUT2D eigenvalue weighted by Crippen LogP contribution is 2.53. The topological polar surface area (TPSA) is 138 Å². The van der Waals surface area contributed by atoms with Crippen molar-refractivity contribution in [3.63, 3.8) is 0 Å². The Hall–Kier alpha value is -4.51. The van der Waals surface area contributed by atoms with E-state index in [4.69, 9.17) is 20.0 Å². The number of benzene rings is 3. The molecule has 0 fully saturated rings. The molecule has 0 aliphatic carbocycles. The van der Waals surface area contributed by atoms with E-state index >= 15 is 0 Å². The van der Waals surface area contributed by atoms with E-state index in [2.05, 4.69) is 15.0 Å². The van der Waals surface area contributed by atoms with Crippen LogP contribution in [0, 0.1) is 0 Å². The molecule has 0 saturated heterocycles. The molecule has 0 radical (unpaired) electrons. The molecule has 5 aromatic rings. The molecular formula is C29H29N5O5. The maximum absolute atomic E-state index is 12.4. The highest BCUT2D eigenvalue weighted by atomic mass is 16.8. The second-order valence-corrected chi connectivity index (χ2v) is 9.12. The number of H-pyrrole nitrogens is 1. The first-order chi connectivity index (χ1) is 18.8. The molecule has 2 aromatic heterocycles. The van der Waals surface area contributed by atoms with Gasteiger partial charge in [0.25, 0.3) is 11.6 Å². The molecule has 1 atom stereocenters. The monoisotopic (exact) mass is 527 g/mol. The summed E-state index contributed by atoms with van der Waals surface area (Å²) in [5.41, 5.74) is 6.54. The molecule has 0 spiro atoms. The molecule has 10 heteroatoms. The number of hydrogen-bond donors (Lipinski definition) is 3. The second-order valence-electron chi connectivity index (χ2n) is 9.12. The summed E-state index contributed by atoms with van der Waals surface area (Å²) >= 11 is 0. The number of fused-ring (bicyclic) bond motifs is 1. The summed E-state index contributed by atoms with van der Waals surface area (Å²) in [6, 6.07) is 28.7. The van der Waals surface area contributed by atoms with Crippen molar-refractivity contribution in [3.8, 4) is 0 Å². The Labute approximate surface area is 224 Å². The van der Waals surface area contributed by atoms with Gasteiger partial charge in [0.15, 0.2) is 5.52 Å². The zero-order valence-corrected chi connectivity index (χ0v) is 21.7. The van der Waals surface area contributed by atoms with E-state index in [9.17, 15) is 9.90 Å². The number of methoxy groups -OCH3 is 2. The predicted molar refractivity (Wildman–Crippen MR) is 146 cm³/mol. The third-order valence-electron chi connectivity index (χ3n) is 7.02. The highest BCUT2D eigenvalue weighted by molar-refractivity contribution is 5.70. The molecule has 0 bridgehead atoms. The number of nitrogens with two attached hydrogens (primary N) is 1. The summed E-state index contributed by atoms with van der Waals surface area (Å²) in [6.45, 7) is 1.40. The minimum absolute atomic E-state index is 0.0404. The van der Waals surface area contributed by atoms with Gasteiger partial charge in [-0.1, -0.05) is 91.0 Å². The van der Waals surface area contributed by atoms with Crippen molar-refractivity contribution in [2.24, 2.45) is 0 Å². The van der Waals surface area contributed by atoms with Gasteiger partial charge in [0, 0.05) is 21.1 Å². The lowest BCUT2D eigenvalue weighted by molar-refractivity contribution is -0.392. The van der Waals surface area contributed by atoms with Crippen LogP contribution in [-0.2, 0) is 14.9 Å². The quantitative estimate of drug-likeness (QED) is 0.197. The Bertz CT molecular complexity index is 1520. The largest absolute Gasteiger partial charge is 0.368 e. The lowest BCUT2D eigenvalue weighted by Crippen LogP contribution is -2.71. The summed E-state index contributed by atoms with van der Waals surface area (Å²) in [5.74, 6) is -4.58. The van der Waals surface area contributed by atoms with Crippen molar-refractivity contribution in [2.75, 3.05) is 20.0 Å². The van der Waals surface area contributed by atoms with Crippen LogP contribution in [0.5, 0.6) is 0 Å². The fraction of sp³-hybridized carbons (Fsp3) is 0.207. The molecule has 0 amide bonds. The Morgan fingerprint density at radius 3 is 1.74 bits per heavy atom. The van der Waals surface area contributed by atoms with E-state index in [0.29, 0.717) is 0 Å². The molecule has 0 saturated carbocycles. The van der Waals surface area contributed by atoms with Crippen molar-refractivity contribution in [3.05, 3.63) is 124 Å². The summed E-state index contributed by atoms with van der Waals surface area (Å²) in [7, 11) is 2.87. The number of hydrogen-bond acceptors (Lipinski definition) is 8. The molecule has 5 rings (SSSR count). The molecule has 39 heavy (non-hydrogen) atoms. The number of nitrogens with zero attached hydrogens (tertiary/aromatic N) is 3. The molecule has 0 aliphatic heterocycles. The Balaban J connectivity index is 1.86. The average molecular weight is 528 g/mol. The Morgan fingerprint density at radius 1 is 0.846 bits per heavy atom. The molecule has 1 unspecified atom stereocenters. The van der Waals surface area contributed by atoms with Crippen molar-refractivity contribution in [2.45, 2.75) is 23.9 Å². The predicted octanol–water partition coefficient (Wildman–Crippen LogP) is 2.86. The van der Waals surface area contributed by atoms with Gasteiger partial charge in [-0.15, -0.1) is 4.73 Å². The van der Waals surface area contributed by atoms with Gasteiger partial charge in [-0.3, -0.25) is 4.79 Å². The van der Waals surface area contributed by atoms with Crippen LogP contribution in [0.1, 0.15) is 23.6 Å². The number of ether oxygens (including phenoxy) is 2. The van der Waals surface area contributed by atoms with Crippen LogP contribution in [-0.4, -0.2) is 50.6 Å². The van der Waals surface area contributed by atoms with Crippen LogP contribution >= 0.6 is 0 Å². The van der Waals surface area contributed by atoms with Gasteiger partial charge >= 0.3 is 5.56 Å². The van der Waals surface area contributed by atoms with Gasteiger partial charge < -0.3 is 30.1 Å². The zero-order chi connectivity index (χ0) is 27.7. The maximum atomic E-state index is 12.4. The highest BCUT2D eigenvalue weighted by Gasteiger charge is 2.68. The van der Waals surface area contributed by atoms with E-state index in [-0.39, 0.29) is 17.1 Å². The van der Waals surface area contributed by atoms with Crippen LogP contribution in [0.25, 0.3) is 11.2 Å². The number of anilines is 1. The minimum atomic E-state index is -2.30. The van der Waals surface area contributed by atoms with Gasteiger partial charge in [0.1, 0.15) is 5.41 Å². The molecule has 4 N–H and O–H groups in total. The Morgan fingerprint density at radius 2 is 1.31 bits per heavy atom. The molecular weight excluding hydrogens is 498 g/mol. The van der Waals surface area contributed by atoms with Gasteiger partial charge in [-0.05, 0) is 16.7 Å². The molecule has 2 heterocycles. The summed E-state index contributed by atoms with van der Waals surface area (Å²) in [5, 5.41) is 12.4. The number of aromatic amines is 1. The molecule has 10 nitrogen and oxygen atoms in total. The average Bonchev–Trinajstić information content (AvgIpc) is 3.46. The smallest absolute Gasteiger partial charge is 0.300 e. The van der Waals surface area contributed by atoms with Crippen LogP contribution in [0.4, 0.5) is 5.95 Å². The number of aromatic nitrogens is 4. The summed E-state index contributed by atoms with van der Waals surface area (Å²) in [4.78, 5) is 29.3. The fourth-order valence-electron chi connectivity index (χ4n) is 5.49. The fourth-order valence-corrected chi connectivity index (χ4v) is 5.49. The van der Waals surface area contributed by atoms with E-state index in [0.717, 1.165) is 21.4 Å². The van der Waals surface area contributed by atoms with Crippen molar-refractivity contribution in [1.29, 1.82) is 0 Å². The number of nitrogen functional groups attached to an aromatic ring is 1. The first-order valence-corrected chi connectivity index (χ1v) is 12.2. The van der Waals surface area contributed by atoms with E-state index < -0.39 is 22.5 Å². The number of nitrogens with one attached hydrogen (secondary N) is 1. The van der Waals surface area contributed by atoms with Crippen molar-refractivity contribution < 1.29 is 19.4 Å². The van der Waals surface area contributed by atoms with Gasteiger partial charge in [0.2, 0.25) is 11.6 Å². The third-order valence-corrected chi connectivity index (χ3v) is 7.02. The Kier molecular flexibility index (Phi) is 6.69. The van der Waals surface area contributed by atoms with Gasteiger partial charge in [0.05, 0.1) is 6.33 Å². The maximum Gasteiger partial charge on any atom is 0.300 e. The number of rotatable bonds is 9. The van der Waals surface area contributed by atoms with Crippen molar-refractivity contribution in [1.82, 2.24) is 19.7 Å². The first-order valence-electron chi connectivity index (χ1n) is 12.2. The minimum Gasteiger partial charge on any atom is -0.368 e. The lowest BCUT2D eigenvalue weighted by atomic mass is 9.61. The normalized spacial score (nSPS) is 13.7. The van der Waals surface area contributed by atoms with Gasteiger partial charge in [-0.25, -0.2) is 4.98 Å². The van der Waals surface area contributed by atoms with E-state index in [1.54, 1.807) is 0 Å². The van der Waals surface area contributed by atoms with Crippen molar-refractivity contribution >= 4 is 17.1 Å². The molecule has 0 aliphatic rings. The van der Waals surface area contributed by atoms with Crippen LogP contribution in [0.3, 0.4) is 0 Å². The number of imidazole rings is 1. The zero-order valence-electron chi connectivity index (χ0n) is 21.7. The van der Waals surface area contributed by atoms with Crippen LogP contribution in [0.15, 0.2) is 102 Å². The molecule has 3 aromatic carbocycles. The third kappa shape index (κ3) is 3.88. The molecule has 200 valence electrons. The summed E-state index contributed by atoms with van der Waals surface area (Å²) in [6.07, 6.45) is 1.31. The van der Waals surface area contributed by atoms with Gasteiger partial charge in [-0.2, -0.15) is 4.98 Å². The lowest BCUT2D eigenvalue weighted by Gasteiger charge is -2.54.